The Bertz CT molecular complexity index is 490. The highest BCUT2D eigenvalue weighted by atomic mass is 15.3. The molecule has 6 nitrogen and oxygen atoms in total. The number of nitrogens with one attached hydrogen (secondary N) is 1. The third-order valence-electron chi connectivity index (χ3n) is 2.97. The van der Waals surface area contributed by atoms with Crippen molar-refractivity contribution < 1.29 is 0 Å². The summed E-state index contributed by atoms with van der Waals surface area (Å²) in [6.07, 6.45) is 7.06. The van der Waals surface area contributed by atoms with Crippen LogP contribution in [0, 0.1) is 6.92 Å². The van der Waals surface area contributed by atoms with Crippen molar-refractivity contribution in [1.29, 1.82) is 0 Å². The minimum absolute atomic E-state index is 0.00741. The molecule has 0 saturated heterocycles. The van der Waals surface area contributed by atoms with Crippen LogP contribution in [-0.2, 0) is 13.5 Å². The van der Waals surface area contributed by atoms with Crippen molar-refractivity contribution in [3.8, 4) is 0 Å². The Hall–Kier alpha value is -1.79. The van der Waals surface area contributed by atoms with Crippen LogP contribution in [-0.4, -0.2) is 19.7 Å². The summed E-state index contributed by atoms with van der Waals surface area (Å²) < 4.78 is 1.87. The van der Waals surface area contributed by atoms with Gasteiger partial charge in [0.2, 0.25) is 0 Å². The number of rotatable bonds is 5. The summed E-state index contributed by atoms with van der Waals surface area (Å²) >= 11 is 0. The molecule has 0 aliphatic heterocycles. The Balaban J connectivity index is 2.01. The number of hydrogen-bond donors (Lipinski definition) is 2. The summed E-state index contributed by atoms with van der Waals surface area (Å²) in [4.78, 5) is 8.58. The fourth-order valence-electron chi connectivity index (χ4n) is 1.84. The monoisotopic (exact) mass is 246 g/mol. The third-order valence-corrected chi connectivity index (χ3v) is 2.97. The zero-order valence-corrected chi connectivity index (χ0v) is 10.7. The Morgan fingerprint density at radius 2 is 2.22 bits per heavy atom. The molecule has 18 heavy (non-hydrogen) atoms. The molecule has 1 atom stereocenters. The number of hydrogen-bond acceptors (Lipinski definition) is 5. The fourth-order valence-corrected chi connectivity index (χ4v) is 1.84. The van der Waals surface area contributed by atoms with Crippen molar-refractivity contribution in [2.24, 2.45) is 12.9 Å². The fraction of sp³-hybridized carbons (Fsp3) is 0.417. The van der Waals surface area contributed by atoms with Crippen LogP contribution in [0.1, 0.15) is 29.5 Å². The molecule has 2 heterocycles. The molecular formula is C12H18N6. The highest BCUT2D eigenvalue weighted by Gasteiger charge is 2.12. The van der Waals surface area contributed by atoms with E-state index in [0.717, 1.165) is 24.2 Å². The van der Waals surface area contributed by atoms with Gasteiger partial charge in [-0.3, -0.25) is 25.9 Å². The van der Waals surface area contributed by atoms with E-state index >= 15 is 0 Å². The standard InChI is InChI=1S/C12H18N6/c1-9-7-15-12(8-14-9)11(17-13)4-3-10-5-6-16-18(10)2/h5-8,11,17H,3-4,13H2,1-2H3. The zero-order chi connectivity index (χ0) is 13.0. The molecule has 0 saturated carbocycles. The van der Waals surface area contributed by atoms with E-state index in [0.29, 0.717) is 0 Å². The number of aromatic nitrogens is 4. The Labute approximate surface area is 106 Å². The van der Waals surface area contributed by atoms with E-state index in [1.165, 1.54) is 5.69 Å². The molecule has 0 aliphatic rings. The van der Waals surface area contributed by atoms with Gasteiger partial charge < -0.3 is 0 Å². The van der Waals surface area contributed by atoms with Gasteiger partial charge in [0.15, 0.2) is 0 Å². The van der Waals surface area contributed by atoms with Crippen LogP contribution in [0.3, 0.4) is 0 Å². The van der Waals surface area contributed by atoms with E-state index < -0.39 is 0 Å². The highest BCUT2D eigenvalue weighted by Crippen LogP contribution is 2.15. The third kappa shape index (κ3) is 2.91. The molecule has 96 valence electrons. The lowest BCUT2D eigenvalue weighted by Crippen LogP contribution is -2.29. The lowest BCUT2D eigenvalue weighted by atomic mass is 10.1. The normalized spacial score (nSPS) is 12.6. The van der Waals surface area contributed by atoms with Gasteiger partial charge in [0, 0.05) is 25.1 Å². The van der Waals surface area contributed by atoms with Gasteiger partial charge in [-0.05, 0) is 25.8 Å². The molecule has 3 N–H and O–H groups in total. The van der Waals surface area contributed by atoms with Crippen molar-refractivity contribution in [3.05, 3.63) is 41.7 Å². The number of hydrazine groups is 1. The zero-order valence-electron chi connectivity index (χ0n) is 10.7. The molecule has 2 aromatic heterocycles. The van der Waals surface area contributed by atoms with Crippen molar-refractivity contribution in [3.63, 3.8) is 0 Å². The van der Waals surface area contributed by atoms with E-state index in [1.54, 1.807) is 18.6 Å². The van der Waals surface area contributed by atoms with Crippen LogP contribution in [0.15, 0.2) is 24.7 Å². The number of nitrogens with zero attached hydrogens (tertiary/aromatic N) is 4. The largest absolute Gasteiger partial charge is 0.273 e. The molecule has 0 amide bonds. The van der Waals surface area contributed by atoms with Gasteiger partial charge in [-0.25, -0.2) is 0 Å². The summed E-state index contributed by atoms with van der Waals surface area (Å²) in [6.45, 7) is 1.91. The van der Waals surface area contributed by atoms with E-state index in [1.807, 2.05) is 24.7 Å². The van der Waals surface area contributed by atoms with Gasteiger partial charge in [0.05, 0.1) is 23.6 Å². The topological polar surface area (TPSA) is 81.7 Å². The quantitative estimate of drug-likeness (QED) is 0.598. The SMILES string of the molecule is Cc1cnc(C(CCc2ccnn2C)NN)cn1. The smallest absolute Gasteiger partial charge is 0.0769 e. The molecule has 2 rings (SSSR count). The summed E-state index contributed by atoms with van der Waals surface area (Å²) in [5, 5.41) is 4.14. The summed E-state index contributed by atoms with van der Waals surface area (Å²) in [5.74, 6) is 5.58. The maximum Gasteiger partial charge on any atom is 0.0769 e. The molecule has 0 radical (unpaired) electrons. The van der Waals surface area contributed by atoms with Crippen LogP contribution >= 0.6 is 0 Å². The second-order valence-electron chi connectivity index (χ2n) is 4.29. The molecule has 0 aromatic carbocycles. The summed E-state index contributed by atoms with van der Waals surface area (Å²) in [7, 11) is 1.94. The first-order valence-electron chi connectivity index (χ1n) is 5.92. The van der Waals surface area contributed by atoms with E-state index in [2.05, 4.69) is 20.5 Å². The van der Waals surface area contributed by atoms with Crippen molar-refractivity contribution in [2.75, 3.05) is 0 Å². The summed E-state index contributed by atoms with van der Waals surface area (Å²) in [5.41, 5.74) is 5.73. The van der Waals surface area contributed by atoms with Crippen LogP contribution in [0.25, 0.3) is 0 Å². The molecule has 0 bridgehead atoms. The van der Waals surface area contributed by atoms with Crippen LogP contribution < -0.4 is 11.3 Å². The Morgan fingerprint density at radius 3 is 2.78 bits per heavy atom. The average Bonchev–Trinajstić information content (AvgIpc) is 2.78. The van der Waals surface area contributed by atoms with E-state index in [4.69, 9.17) is 5.84 Å². The first-order chi connectivity index (χ1) is 8.70. The molecule has 0 aliphatic carbocycles. The minimum atomic E-state index is 0.00741. The lowest BCUT2D eigenvalue weighted by Gasteiger charge is -2.14. The summed E-state index contributed by atoms with van der Waals surface area (Å²) in [6, 6.07) is 2.02. The molecule has 2 aromatic rings. The second-order valence-corrected chi connectivity index (χ2v) is 4.29. The van der Waals surface area contributed by atoms with Crippen molar-refractivity contribution >= 4 is 0 Å². The number of nitrogens with two attached hydrogens (primary N) is 1. The Kier molecular flexibility index (Phi) is 4.01. The van der Waals surface area contributed by atoms with Gasteiger partial charge >= 0.3 is 0 Å². The first-order valence-corrected chi connectivity index (χ1v) is 5.92. The van der Waals surface area contributed by atoms with Crippen LogP contribution in [0.4, 0.5) is 0 Å². The van der Waals surface area contributed by atoms with Gasteiger partial charge in [-0.1, -0.05) is 0 Å². The van der Waals surface area contributed by atoms with E-state index in [-0.39, 0.29) is 6.04 Å². The molecular weight excluding hydrogens is 228 g/mol. The van der Waals surface area contributed by atoms with Crippen molar-refractivity contribution in [1.82, 2.24) is 25.2 Å². The van der Waals surface area contributed by atoms with Gasteiger partial charge in [0.1, 0.15) is 0 Å². The molecule has 6 heteroatoms. The molecule has 0 fully saturated rings. The van der Waals surface area contributed by atoms with E-state index in [9.17, 15) is 0 Å². The second kappa shape index (κ2) is 5.70. The lowest BCUT2D eigenvalue weighted by molar-refractivity contribution is 0.494. The maximum absolute atomic E-state index is 5.58. The first kappa shape index (κ1) is 12.7. The Morgan fingerprint density at radius 1 is 1.39 bits per heavy atom. The van der Waals surface area contributed by atoms with Crippen LogP contribution in [0.2, 0.25) is 0 Å². The highest BCUT2D eigenvalue weighted by molar-refractivity contribution is 5.07. The van der Waals surface area contributed by atoms with Gasteiger partial charge in [0.25, 0.3) is 0 Å². The predicted octanol–water partition coefficient (Wildman–Crippen LogP) is 0.656. The minimum Gasteiger partial charge on any atom is -0.273 e. The predicted molar refractivity (Wildman–Crippen MR) is 68.4 cm³/mol. The van der Waals surface area contributed by atoms with Crippen LogP contribution in [0.5, 0.6) is 0 Å². The van der Waals surface area contributed by atoms with Gasteiger partial charge in [-0.15, -0.1) is 0 Å². The maximum atomic E-state index is 5.58. The number of aryl methyl sites for hydroxylation is 3. The van der Waals surface area contributed by atoms with Crippen molar-refractivity contribution in [2.45, 2.75) is 25.8 Å². The molecule has 0 spiro atoms. The van der Waals surface area contributed by atoms with Gasteiger partial charge in [-0.2, -0.15) is 5.10 Å². The molecule has 1 unspecified atom stereocenters. The average molecular weight is 246 g/mol.